The van der Waals surface area contributed by atoms with E-state index >= 15 is 0 Å². The largest absolute Gasteiger partial charge is 0.485 e. The van der Waals surface area contributed by atoms with Crippen LogP contribution in [0, 0.1) is 0 Å². The molecule has 4 heteroatoms. The molecule has 76 valence electrons. The van der Waals surface area contributed by atoms with Crippen molar-refractivity contribution in [1.29, 1.82) is 0 Å². The van der Waals surface area contributed by atoms with Gasteiger partial charge in [0.15, 0.2) is 0 Å². The van der Waals surface area contributed by atoms with Gasteiger partial charge in [-0.15, -0.1) is 0 Å². The van der Waals surface area contributed by atoms with Crippen LogP contribution in [0.5, 0.6) is 5.75 Å². The summed E-state index contributed by atoms with van der Waals surface area (Å²) in [4.78, 5) is 0. The molecule has 1 heterocycles. The fraction of sp³-hybridized carbons (Fsp3) is 0.400. The minimum absolute atomic E-state index is 0.240. The number of aliphatic hydroxyl groups is 1. The van der Waals surface area contributed by atoms with E-state index in [1.54, 1.807) is 0 Å². The van der Waals surface area contributed by atoms with E-state index in [2.05, 4.69) is 15.9 Å². The zero-order chi connectivity index (χ0) is 9.97. The molecule has 1 aromatic rings. The van der Waals surface area contributed by atoms with Gasteiger partial charge in [-0.1, -0.05) is 15.9 Å². The fourth-order valence-electron chi connectivity index (χ4n) is 1.32. The van der Waals surface area contributed by atoms with Crippen molar-refractivity contribution in [1.82, 2.24) is 0 Å². The Morgan fingerprint density at radius 1 is 1.29 bits per heavy atom. The van der Waals surface area contributed by atoms with Gasteiger partial charge in [0, 0.05) is 4.47 Å². The van der Waals surface area contributed by atoms with Crippen LogP contribution in [0.25, 0.3) is 0 Å². The molecule has 2 atom stereocenters. The Labute approximate surface area is 90.8 Å². The van der Waals surface area contributed by atoms with Gasteiger partial charge >= 0.3 is 0 Å². The molecule has 1 unspecified atom stereocenters. The van der Waals surface area contributed by atoms with E-state index in [4.69, 9.17) is 9.47 Å². The summed E-state index contributed by atoms with van der Waals surface area (Å²) in [6, 6.07) is 7.51. The molecule has 0 spiro atoms. The SMILES string of the molecule is O[C@@H]1COCC1Oc1ccc(Br)cc1. The number of halogens is 1. The Balaban J connectivity index is 2.00. The molecule has 2 rings (SSSR count). The summed E-state index contributed by atoms with van der Waals surface area (Å²) >= 11 is 3.34. The summed E-state index contributed by atoms with van der Waals surface area (Å²) in [5, 5.41) is 9.45. The van der Waals surface area contributed by atoms with Crippen molar-refractivity contribution in [2.75, 3.05) is 13.2 Å². The standard InChI is InChI=1S/C10H11BrO3/c11-7-1-3-8(4-2-7)14-10-6-13-5-9(10)12/h1-4,9-10,12H,5-6H2/t9-,10?/m1/s1. The lowest BCUT2D eigenvalue weighted by Gasteiger charge is -2.14. The molecule has 0 aliphatic carbocycles. The number of hydrogen-bond acceptors (Lipinski definition) is 3. The van der Waals surface area contributed by atoms with Crippen LogP contribution in [-0.2, 0) is 4.74 Å². The van der Waals surface area contributed by atoms with Gasteiger partial charge in [0.25, 0.3) is 0 Å². The molecule has 0 bridgehead atoms. The molecular weight excluding hydrogens is 248 g/mol. The third-order valence-electron chi connectivity index (χ3n) is 2.10. The molecule has 1 fully saturated rings. The van der Waals surface area contributed by atoms with Gasteiger partial charge in [0.1, 0.15) is 18.0 Å². The second kappa shape index (κ2) is 4.29. The van der Waals surface area contributed by atoms with Crippen LogP contribution in [0.1, 0.15) is 0 Å². The van der Waals surface area contributed by atoms with Gasteiger partial charge in [-0.05, 0) is 24.3 Å². The molecule has 1 N–H and O–H groups in total. The summed E-state index contributed by atoms with van der Waals surface area (Å²) in [7, 11) is 0. The van der Waals surface area contributed by atoms with E-state index in [-0.39, 0.29) is 6.10 Å². The van der Waals surface area contributed by atoms with Gasteiger partial charge in [0.05, 0.1) is 13.2 Å². The van der Waals surface area contributed by atoms with Crippen LogP contribution in [0.4, 0.5) is 0 Å². The highest BCUT2D eigenvalue weighted by Gasteiger charge is 2.27. The van der Waals surface area contributed by atoms with Crippen molar-refractivity contribution in [3.8, 4) is 5.75 Å². The van der Waals surface area contributed by atoms with Gasteiger partial charge in [-0.3, -0.25) is 0 Å². The molecule has 1 aliphatic heterocycles. The van der Waals surface area contributed by atoms with E-state index in [0.717, 1.165) is 10.2 Å². The Morgan fingerprint density at radius 2 is 2.00 bits per heavy atom. The summed E-state index contributed by atoms with van der Waals surface area (Å²) in [6.45, 7) is 0.818. The molecular formula is C10H11BrO3. The molecule has 1 aromatic carbocycles. The Bertz CT molecular complexity index is 299. The third kappa shape index (κ3) is 2.26. The lowest BCUT2D eigenvalue weighted by Crippen LogP contribution is -2.29. The average molecular weight is 259 g/mol. The van der Waals surface area contributed by atoms with Gasteiger partial charge in [0.2, 0.25) is 0 Å². The van der Waals surface area contributed by atoms with E-state index in [9.17, 15) is 5.11 Å². The highest BCUT2D eigenvalue weighted by atomic mass is 79.9. The second-order valence-electron chi connectivity index (χ2n) is 3.22. The predicted molar refractivity (Wildman–Crippen MR) is 55.4 cm³/mol. The first-order valence-corrected chi connectivity index (χ1v) is 5.23. The minimum atomic E-state index is -0.515. The predicted octanol–water partition coefficient (Wildman–Crippen LogP) is 1.59. The average Bonchev–Trinajstić information content (AvgIpc) is 2.56. The summed E-state index contributed by atoms with van der Waals surface area (Å²) in [5.74, 6) is 0.753. The first kappa shape index (κ1) is 9.96. The second-order valence-corrected chi connectivity index (χ2v) is 4.13. The van der Waals surface area contributed by atoms with Crippen LogP contribution in [0.2, 0.25) is 0 Å². The number of ether oxygens (including phenoxy) is 2. The normalized spacial score (nSPS) is 26.4. The highest BCUT2D eigenvalue weighted by molar-refractivity contribution is 9.10. The maximum Gasteiger partial charge on any atom is 0.150 e. The molecule has 1 aliphatic rings. The first-order valence-electron chi connectivity index (χ1n) is 4.44. The van der Waals surface area contributed by atoms with Crippen LogP contribution >= 0.6 is 15.9 Å². The van der Waals surface area contributed by atoms with Crippen molar-refractivity contribution >= 4 is 15.9 Å². The molecule has 0 aromatic heterocycles. The zero-order valence-electron chi connectivity index (χ0n) is 7.52. The summed E-state index contributed by atoms with van der Waals surface area (Å²) in [6.07, 6.45) is -0.755. The van der Waals surface area contributed by atoms with E-state index in [1.807, 2.05) is 24.3 Å². The van der Waals surface area contributed by atoms with E-state index < -0.39 is 6.10 Å². The molecule has 0 saturated carbocycles. The monoisotopic (exact) mass is 258 g/mol. The highest BCUT2D eigenvalue weighted by Crippen LogP contribution is 2.19. The zero-order valence-corrected chi connectivity index (χ0v) is 9.11. The lowest BCUT2D eigenvalue weighted by atomic mass is 10.2. The first-order chi connectivity index (χ1) is 6.75. The molecule has 3 nitrogen and oxygen atoms in total. The molecule has 0 radical (unpaired) electrons. The maximum atomic E-state index is 9.45. The third-order valence-corrected chi connectivity index (χ3v) is 2.63. The van der Waals surface area contributed by atoms with Crippen molar-refractivity contribution in [2.45, 2.75) is 12.2 Å². The summed E-state index contributed by atoms with van der Waals surface area (Å²) < 4.78 is 11.6. The molecule has 1 saturated heterocycles. The van der Waals surface area contributed by atoms with Gasteiger partial charge in [-0.2, -0.15) is 0 Å². The van der Waals surface area contributed by atoms with Crippen LogP contribution < -0.4 is 4.74 Å². The quantitative estimate of drug-likeness (QED) is 0.876. The Morgan fingerprint density at radius 3 is 2.57 bits per heavy atom. The van der Waals surface area contributed by atoms with Crippen molar-refractivity contribution in [2.24, 2.45) is 0 Å². The molecule has 14 heavy (non-hydrogen) atoms. The van der Waals surface area contributed by atoms with Crippen LogP contribution in [0.15, 0.2) is 28.7 Å². The fourth-order valence-corrected chi connectivity index (χ4v) is 1.59. The van der Waals surface area contributed by atoms with Crippen LogP contribution in [0.3, 0.4) is 0 Å². The van der Waals surface area contributed by atoms with Gasteiger partial charge in [-0.25, -0.2) is 0 Å². The topological polar surface area (TPSA) is 38.7 Å². The number of hydrogen-bond donors (Lipinski definition) is 1. The van der Waals surface area contributed by atoms with Crippen molar-refractivity contribution in [3.63, 3.8) is 0 Å². The van der Waals surface area contributed by atoms with Gasteiger partial charge < -0.3 is 14.6 Å². The Hall–Kier alpha value is -0.580. The number of rotatable bonds is 2. The van der Waals surface area contributed by atoms with Crippen molar-refractivity contribution < 1.29 is 14.6 Å². The minimum Gasteiger partial charge on any atom is -0.485 e. The molecule has 0 amide bonds. The Kier molecular flexibility index (Phi) is 3.05. The maximum absolute atomic E-state index is 9.45. The van der Waals surface area contributed by atoms with Crippen molar-refractivity contribution in [3.05, 3.63) is 28.7 Å². The number of aliphatic hydroxyl groups excluding tert-OH is 1. The van der Waals surface area contributed by atoms with E-state index in [1.165, 1.54) is 0 Å². The van der Waals surface area contributed by atoms with Crippen LogP contribution in [-0.4, -0.2) is 30.5 Å². The summed E-state index contributed by atoms with van der Waals surface area (Å²) in [5.41, 5.74) is 0. The lowest BCUT2D eigenvalue weighted by molar-refractivity contribution is 0.0733. The number of benzene rings is 1. The smallest absolute Gasteiger partial charge is 0.150 e. The van der Waals surface area contributed by atoms with E-state index in [0.29, 0.717) is 13.2 Å².